The van der Waals surface area contributed by atoms with Crippen molar-refractivity contribution in [3.05, 3.63) is 35.9 Å². The molecule has 0 aliphatic heterocycles. The highest BCUT2D eigenvalue weighted by atomic mass is 16.4. The zero-order valence-corrected chi connectivity index (χ0v) is 9.22. The molecule has 17 heavy (non-hydrogen) atoms. The van der Waals surface area contributed by atoms with Crippen LogP contribution in [0.4, 0.5) is 4.79 Å². The summed E-state index contributed by atoms with van der Waals surface area (Å²) in [4.78, 5) is 22.0. The van der Waals surface area contributed by atoms with Crippen LogP contribution < -0.4 is 16.4 Å². The molecule has 6 nitrogen and oxygen atoms in total. The number of rotatable bonds is 5. The number of carbonyl (C=O) groups is 2. The number of nitrogens with two attached hydrogens (primary N) is 1. The minimum Gasteiger partial charge on any atom is -0.480 e. The van der Waals surface area contributed by atoms with Crippen LogP contribution in [-0.2, 0) is 11.3 Å². The van der Waals surface area contributed by atoms with Crippen LogP contribution in [0.3, 0.4) is 0 Å². The summed E-state index contributed by atoms with van der Waals surface area (Å²) in [5.74, 6) is -1.15. The molecule has 0 aliphatic carbocycles. The summed E-state index contributed by atoms with van der Waals surface area (Å²) in [7, 11) is 0. The van der Waals surface area contributed by atoms with Crippen molar-refractivity contribution in [2.75, 3.05) is 6.54 Å². The Kier molecular flexibility index (Phi) is 4.96. The predicted molar refractivity (Wildman–Crippen MR) is 62.3 cm³/mol. The van der Waals surface area contributed by atoms with E-state index in [1.807, 2.05) is 30.3 Å². The summed E-state index contributed by atoms with van der Waals surface area (Å²) in [6, 6.07) is 7.69. The van der Waals surface area contributed by atoms with Crippen LogP contribution in [0.15, 0.2) is 30.3 Å². The van der Waals surface area contributed by atoms with Crippen LogP contribution >= 0.6 is 0 Å². The topological polar surface area (TPSA) is 104 Å². The van der Waals surface area contributed by atoms with Crippen molar-refractivity contribution < 1.29 is 14.7 Å². The van der Waals surface area contributed by atoms with Gasteiger partial charge in [0.25, 0.3) is 0 Å². The molecule has 5 N–H and O–H groups in total. The van der Waals surface area contributed by atoms with Gasteiger partial charge in [-0.15, -0.1) is 0 Å². The quantitative estimate of drug-likeness (QED) is 0.574. The molecule has 1 rings (SSSR count). The molecule has 1 aromatic rings. The Hall–Kier alpha value is -2.08. The second-order valence-electron chi connectivity index (χ2n) is 3.44. The van der Waals surface area contributed by atoms with E-state index < -0.39 is 18.0 Å². The average Bonchev–Trinajstić information content (AvgIpc) is 2.34. The van der Waals surface area contributed by atoms with Gasteiger partial charge in [-0.1, -0.05) is 30.3 Å². The third kappa shape index (κ3) is 4.52. The summed E-state index contributed by atoms with van der Waals surface area (Å²) in [5.41, 5.74) is 6.14. The van der Waals surface area contributed by atoms with Gasteiger partial charge in [-0.05, 0) is 5.56 Å². The minimum absolute atomic E-state index is 0.145. The number of carboxylic acid groups (broad SMARTS) is 1. The number of urea groups is 1. The van der Waals surface area contributed by atoms with Gasteiger partial charge in [-0.25, -0.2) is 9.59 Å². The SMILES string of the molecule is NCC(NC(=O)NCc1ccccc1)C(=O)O. The number of aliphatic carboxylic acids is 1. The third-order valence-electron chi connectivity index (χ3n) is 2.14. The summed E-state index contributed by atoms with van der Waals surface area (Å²) in [6.45, 7) is 0.192. The van der Waals surface area contributed by atoms with E-state index in [0.29, 0.717) is 6.54 Å². The van der Waals surface area contributed by atoms with Crippen molar-refractivity contribution in [1.29, 1.82) is 0 Å². The molecule has 0 saturated carbocycles. The molecule has 6 heteroatoms. The first-order valence-electron chi connectivity index (χ1n) is 5.14. The molecule has 92 valence electrons. The summed E-state index contributed by atoms with van der Waals surface area (Å²) >= 11 is 0. The molecule has 0 bridgehead atoms. The molecule has 0 spiro atoms. The van der Waals surface area contributed by atoms with Gasteiger partial charge in [0.2, 0.25) is 0 Å². The Morgan fingerprint density at radius 1 is 1.29 bits per heavy atom. The van der Waals surface area contributed by atoms with E-state index >= 15 is 0 Å². The first-order valence-corrected chi connectivity index (χ1v) is 5.14. The summed E-state index contributed by atoms with van der Waals surface area (Å²) < 4.78 is 0. The third-order valence-corrected chi connectivity index (χ3v) is 2.14. The lowest BCUT2D eigenvalue weighted by atomic mass is 10.2. The van der Waals surface area contributed by atoms with Crippen molar-refractivity contribution in [2.45, 2.75) is 12.6 Å². The molecule has 0 aliphatic rings. The monoisotopic (exact) mass is 237 g/mol. The van der Waals surface area contributed by atoms with Crippen LogP contribution in [0, 0.1) is 0 Å². The van der Waals surface area contributed by atoms with Gasteiger partial charge in [0.15, 0.2) is 0 Å². The highest BCUT2D eigenvalue weighted by Crippen LogP contribution is 1.96. The van der Waals surface area contributed by atoms with E-state index in [1.165, 1.54) is 0 Å². The van der Waals surface area contributed by atoms with E-state index in [9.17, 15) is 9.59 Å². The minimum atomic E-state index is -1.15. The predicted octanol–water partition coefficient (Wildman–Crippen LogP) is -0.102. The molecule has 0 heterocycles. The van der Waals surface area contributed by atoms with Gasteiger partial charge in [-0.2, -0.15) is 0 Å². The molecule has 1 aromatic carbocycles. The Bertz CT molecular complexity index is 381. The number of carbonyl (C=O) groups excluding carboxylic acids is 1. The molecule has 0 aromatic heterocycles. The van der Waals surface area contributed by atoms with Crippen molar-refractivity contribution in [3.8, 4) is 0 Å². The zero-order chi connectivity index (χ0) is 12.7. The van der Waals surface area contributed by atoms with Crippen LogP contribution in [0.25, 0.3) is 0 Å². The second-order valence-corrected chi connectivity index (χ2v) is 3.44. The van der Waals surface area contributed by atoms with Gasteiger partial charge >= 0.3 is 12.0 Å². The van der Waals surface area contributed by atoms with Crippen molar-refractivity contribution in [1.82, 2.24) is 10.6 Å². The van der Waals surface area contributed by atoms with E-state index in [2.05, 4.69) is 10.6 Å². The fraction of sp³-hybridized carbons (Fsp3) is 0.273. The summed E-state index contributed by atoms with van der Waals surface area (Å²) in [6.07, 6.45) is 0. The molecule has 0 fully saturated rings. The number of benzene rings is 1. The van der Waals surface area contributed by atoms with Crippen LogP contribution in [0.2, 0.25) is 0 Å². The molecule has 0 radical (unpaired) electrons. The molecule has 1 atom stereocenters. The number of hydrogen-bond acceptors (Lipinski definition) is 3. The highest BCUT2D eigenvalue weighted by Gasteiger charge is 2.17. The lowest BCUT2D eigenvalue weighted by molar-refractivity contribution is -0.138. The second kappa shape index (κ2) is 6.49. The Morgan fingerprint density at radius 3 is 2.47 bits per heavy atom. The maximum Gasteiger partial charge on any atom is 0.327 e. The van der Waals surface area contributed by atoms with Crippen LogP contribution in [0.1, 0.15) is 5.56 Å². The fourth-order valence-corrected chi connectivity index (χ4v) is 1.21. The standard InChI is InChI=1S/C11H15N3O3/c12-6-9(10(15)16)14-11(17)13-7-8-4-2-1-3-5-8/h1-5,9H,6-7,12H2,(H,15,16)(H2,13,14,17). The smallest absolute Gasteiger partial charge is 0.327 e. The van der Waals surface area contributed by atoms with E-state index in [0.717, 1.165) is 5.56 Å². The molecule has 2 amide bonds. The lowest BCUT2D eigenvalue weighted by Crippen LogP contribution is -2.49. The molecular formula is C11H15N3O3. The van der Waals surface area contributed by atoms with Gasteiger partial charge < -0.3 is 21.5 Å². The molecule has 1 unspecified atom stereocenters. The number of amides is 2. The van der Waals surface area contributed by atoms with Gasteiger partial charge in [0.05, 0.1) is 0 Å². The van der Waals surface area contributed by atoms with E-state index in [1.54, 1.807) is 0 Å². The Morgan fingerprint density at radius 2 is 1.94 bits per heavy atom. The van der Waals surface area contributed by atoms with Crippen LogP contribution in [0.5, 0.6) is 0 Å². The van der Waals surface area contributed by atoms with Gasteiger partial charge in [0, 0.05) is 13.1 Å². The normalized spacial score (nSPS) is 11.6. The number of carboxylic acids is 1. The number of nitrogens with one attached hydrogen (secondary N) is 2. The number of hydrogen-bond donors (Lipinski definition) is 4. The largest absolute Gasteiger partial charge is 0.480 e. The lowest BCUT2D eigenvalue weighted by Gasteiger charge is -2.12. The Balaban J connectivity index is 2.37. The zero-order valence-electron chi connectivity index (χ0n) is 9.22. The first kappa shape index (κ1) is 13.0. The van der Waals surface area contributed by atoms with Crippen molar-refractivity contribution in [2.24, 2.45) is 5.73 Å². The van der Waals surface area contributed by atoms with Crippen molar-refractivity contribution >= 4 is 12.0 Å². The molecular weight excluding hydrogens is 222 g/mol. The van der Waals surface area contributed by atoms with Gasteiger partial charge in [-0.3, -0.25) is 0 Å². The Labute approximate surface area is 98.8 Å². The maximum absolute atomic E-state index is 11.3. The highest BCUT2D eigenvalue weighted by molar-refractivity contribution is 5.82. The maximum atomic E-state index is 11.3. The average molecular weight is 237 g/mol. The fourth-order valence-electron chi connectivity index (χ4n) is 1.21. The summed E-state index contributed by atoms with van der Waals surface area (Å²) in [5, 5.41) is 13.5. The first-order chi connectivity index (χ1) is 8.13. The van der Waals surface area contributed by atoms with Crippen LogP contribution in [-0.4, -0.2) is 29.7 Å². The van der Waals surface area contributed by atoms with Crippen molar-refractivity contribution in [3.63, 3.8) is 0 Å². The molecule has 0 saturated heterocycles. The van der Waals surface area contributed by atoms with E-state index in [4.69, 9.17) is 10.8 Å². The van der Waals surface area contributed by atoms with Gasteiger partial charge in [0.1, 0.15) is 6.04 Å². The van der Waals surface area contributed by atoms with E-state index in [-0.39, 0.29) is 6.54 Å².